The first-order chi connectivity index (χ1) is 11.0. The van der Waals surface area contributed by atoms with Gasteiger partial charge in [0.05, 0.1) is 16.7 Å². The zero-order valence-corrected chi connectivity index (χ0v) is 14.0. The first kappa shape index (κ1) is 17.5. The van der Waals surface area contributed by atoms with Gasteiger partial charge in [0, 0.05) is 36.2 Å². The third kappa shape index (κ3) is 5.38. The summed E-state index contributed by atoms with van der Waals surface area (Å²) in [6.45, 7) is 5.26. The molecule has 1 heterocycles. The Labute approximate surface area is 139 Å². The molecule has 23 heavy (non-hydrogen) atoms. The highest BCUT2D eigenvalue weighted by Gasteiger charge is 2.11. The molecule has 0 radical (unpaired) electrons. The number of nitrogens with one attached hydrogen (secondary N) is 1. The molecule has 0 saturated carbocycles. The van der Waals surface area contributed by atoms with E-state index in [1.165, 1.54) is 23.5 Å². The zero-order valence-electron chi connectivity index (χ0n) is 13.2. The Morgan fingerprint density at radius 2 is 2.22 bits per heavy atom. The van der Waals surface area contributed by atoms with Gasteiger partial charge in [-0.3, -0.25) is 10.1 Å². The van der Waals surface area contributed by atoms with Gasteiger partial charge in [0.2, 0.25) is 0 Å². The summed E-state index contributed by atoms with van der Waals surface area (Å²) in [5, 5.41) is 26.5. The Hall–Kier alpha value is -1.83. The lowest BCUT2D eigenvalue weighted by molar-refractivity contribution is -0.384. The topological polar surface area (TPSA) is 88.3 Å². The second-order valence-electron chi connectivity index (χ2n) is 5.87. The fourth-order valence-corrected chi connectivity index (χ4v) is 3.08. The number of non-ortho nitro benzene ring substituents is 1. The maximum Gasteiger partial charge on any atom is 0.270 e. The van der Waals surface area contributed by atoms with Gasteiger partial charge in [0.25, 0.3) is 5.69 Å². The van der Waals surface area contributed by atoms with Gasteiger partial charge in [-0.1, -0.05) is 26.0 Å². The number of thiazole rings is 1. The number of hydrogen-bond donors (Lipinski definition) is 2. The lowest BCUT2D eigenvalue weighted by atomic mass is 10.1. The minimum absolute atomic E-state index is 0.0641. The highest BCUT2D eigenvalue weighted by molar-refractivity contribution is 7.13. The van der Waals surface area contributed by atoms with E-state index < -0.39 is 4.92 Å². The van der Waals surface area contributed by atoms with Crippen molar-refractivity contribution < 1.29 is 10.0 Å². The van der Waals surface area contributed by atoms with Crippen molar-refractivity contribution in [2.24, 2.45) is 5.92 Å². The van der Waals surface area contributed by atoms with Crippen molar-refractivity contribution in [2.45, 2.75) is 32.9 Å². The third-order valence-electron chi connectivity index (χ3n) is 3.29. The van der Waals surface area contributed by atoms with Crippen LogP contribution >= 0.6 is 11.3 Å². The smallest absolute Gasteiger partial charge is 0.270 e. The van der Waals surface area contributed by atoms with Crippen LogP contribution in [0.1, 0.15) is 26.0 Å². The fraction of sp³-hybridized carbons (Fsp3) is 0.438. The first-order valence-corrected chi connectivity index (χ1v) is 8.41. The van der Waals surface area contributed by atoms with E-state index >= 15 is 0 Å². The van der Waals surface area contributed by atoms with E-state index in [0.29, 0.717) is 19.0 Å². The number of nitro groups is 1. The molecule has 124 valence electrons. The summed E-state index contributed by atoms with van der Waals surface area (Å²) in [5.74, 6) is 0.464. The predicted octanol–water partition coefficient (Wildman–Crippen LogP) is 3.21. The maximum atomic E-state index is 10.8. The molecule has 0 aliphatic carbocycles. The van der Waals surface area contributed by atoms with Crippen LogP contribution in [0.3, 0.4) is 0 Å². The molecule has 1 unspecified atom stereocenters. The number of benzene rings is 1. The second-order valence-corrected chi connectivity index (χ2v) is 6.72. The van der Waals surface area contributed by atoms with Crippen molar-refractivity contribution in [3.05, 3.63) is 45.5 Å². The summed E-state index contributed by atoms with van der Waals surface area (Å²) in [5.41, 5.74) is 1.68. The molecule has 0 fully saturated rings. The van der Waals surface area contributed by atoms with E-state index in [0.717, 1.165) is 22.7 Å². The van der Waals surface area contributed by atoms with Gasteiger partial charge in [0.15, 0.2) is 0 Å². The molecule has 6 nitrogen and oxygen atoms in total. The molecular formula is C16H21N3O3S. The summed E-state index contributed by atoms with van der Waals surface area (Å²) < 4.78 is 0. The van der Waals surface area contributed by atoms with E-state index in [4.69, 9.17) is 0 Å². The molecule has 1 atom stereocenters. The molecule has 1 aromatic heterocycles. The van der Waals surface area contributed by atoms with E-state index in [2.05, 4.69) is 24.1 Å². The molecule has 0 amide bonds. The van der Waals surface area contributed by atoms with Crippen LogP contribution in [0.2, 0.25) is 0 Å². The van der Waals surface area contributed by atoms with Crippen molar-refractivity contribution >= 4 is 17.0 Å². The van der Waals surface area contributed by atoms with E-state index in [1.807, 2.05) is 11.4 Å². The molecule has 0 aliphatic heterocycles. The molecule has 0 saturated heterocycles. The van der Waals surface area contributed by atoms with Gasteiger partial charge in [-0.15, -0.1) is 11.3 Å². The van der Waals surface area contributed by atoms with Crippen LogP contribution in [0.5, 0.6) is 0 Å². The summed E-state index contributed by atoms with van der Waals surface area (Å²) in [6.07, 6.45) is 0.410. The van der Waals surface area contributed by atoms with Crippen LogP contribution in [-0.2, 0) is 6.54 Å². The van der Waals surface area contributed by atoms with Crippen LogP contribution in [0, 0.1) is 16.0 Å². The van der Waals surface area contributed by atoms with E-state index in [1.54, 1.807) is 6.07 Å². The maximum absolute atomic E-state index is 10.8. The molecule has 0 aliphatic rings. The molecule has 2 rings (SSSR count). The first-order valence-electron chi connectivity index (χ1n) is 7.53. The van der Waals surface area contributed by atoms with Gasteiger partial charge in [-0.2, -0.15) is 0 Å². The van der Waals surface area contributed by atoms with Crippen LogP contribution in [-0.4, -0.2) is 27.7 Å². The summed E-state index contributed by atoms with van der Waals surface area (Å²) in [6, 6.07) is 6.47. The summed E-state index contributed by atoms with van der Waals surface area (Å²) in [4.78, 5) is 14.9. The Balaban J connectivity index is 1.93. The average molecular weight is 335 g/mol. The number of aliphatic hydroxyl groups excluding tert-OH is 1. The van der Waals surface area contributed by atoms with Gasteiger partial charge >= 0.3 is 0 Å². The SMILES string of the molecule is CC(C)CC(O)CNCc1csc(-c2cccc([N+](=O)[O-])c2)n1. The number of aliphatic hydroxyl groups is 1. The molecular weight excluding hydrogens is 314 g/mol. The van der Waals surface area contributed by atoms with Crippen LogP contribution in [0.4, 0.5) is 5.69 Å². The van der Waals surface area contributed by atoms with Gasteiger partial charge in [0.1, 0.15) is 5.01 Å². The average Bonchev–Trinajstić information content (AvgIpc) is 2.95. The van der Waals surface area contributed by atoms with E-state index in [-0.39, 0.29) is 11.8 Å². The number of nitrogens with zero attached hydrogens (tertiary/aromatic N) is 2. The molecule has 2 N–H and O–H groups in total. The van der Waals surface area contributed by atoms with Crippen LogP contribution in [0.25, 0.3) is 10.6 Å². The normalized spacial score (nSPS) is 12.5. The lowest BCUT2D eigenvalue weighted by Gasteiger charge is -2.13. The van der Waals surface area contributed by atoms with Crippen molar-refractivity contribution in [1.29, 1.82) is 0 Å². The molecule has 0 bridgehead atoms. The lowest BCUT2D eigenvalue weighted by Crippen LogP contribution is -2.27. The largest absolute Gasteiger partial charge is 0.392 e. The number of hydrogen-bond acceptors (Lipinski definition) is 6. The number of nitro benzene ring substituents is 1. The fourth-order valence-electron chi connectivity index (χ4n) is 2.27. The molecule has 7 heteroatoms. The van der Waals surface area contributed by atoms with E-state index in [9.17, 15) is 15.2 Å². The van der Waals surface area contributed by atoms with Crippen LogP contribution < -0.4 is 5.32 Å². The zero-order chi connectivity index (χ0) is 16.8. The minimum Gasteiger partial charge on any atom is -0.392 e. The molecule has 0 spiro atoms. The Morgan fingerprint density at radius 3 is 2.91 bits per heavy atom. The standard InChI is InChI=1S/C16H21N3O3S/c1-11(2)6-15(20)9-17-8-13-10-23-16(18-13)12-4-3-5-14(7-12)19(21)22/h3-5,7,10-11,15,17,20H,6,8-9H2,1-2H3. The Kier molecular flexibility index (Phi) is 6.20. The van der Waals surface area contributed by atoms with Crippen molar-refractivity contribution in [3.63, 3.8) is 0 Å². The third-order valence-corrected chi connectivity index (χ3v) is 4.23. The highest BCUT2D eigenvalue weighted by atomic mass is 32.1. The Morgan fingerprint density at radius 1 is 1.43 bits per heavy atom. The summed E-state index contributed by atoms with van der Waals surface area (Å²) >= 11 is 1.46. The highest BCUT2D eigenvalue weighted by Crippen LogP contribution is 2.26. The quantitative estimate of drug-likeness (QED) is 0.571. The summed E-state index contributed by atoms with van der Waals surface area (Å²) in [7, 11) is 0. The predicted molar refractivity (Wildman–Crippen MR) is 91.4 cm³/mol. The van der Waals surface area contributed by atoms with Crippen LogP contribution in [0.15, 0.2) is 29.6 Å². The van der Waals surface area contributed by atoms with Crippen molar-refractivity contribution in [2.75, 3.05) is 6.54 Å². The second kappa shape index (κ2) is 8.14. The molecule has 2 aromatic rings. The number of rotatable bonds is 8. The van der Waals surface area contributed by atoms with Gasteiger partial charge in [-0.25, -0.2) is 4.98 Å². The van der Waals surface area contributed by atoms with Gasteiger partial charge in [-0.05, 0) is 12.3 Å². The van der Waals surface area contributed by atoms with Crippen molar-refractivity contribution in [1.82, 2.24) is 10.3 Å². The number of aromatic nitrogens is 1. The monoisotopic (exact) mass is 335 g/mol. The molecule has 1 aromatic carbocycles. The van der Waals surface area contributed by atoms with Gasteiger partial charge < -0.3 is 10.4 Å². The minimum atomic E-state index is -0.407. The van der Waals surface area contributed by atoms with Crippen molar-refractivity contribution in [3.8, 4) is 10.6 Å². The Bertz CT molecular complexity index is 658.